The molecule has 0 saturated heterocycles. The van der Waals surface area contributed by atoms with Crippen LogP contribution in [0.3, 0.4) is 0 Å². The highest BCUT2D eigenvalue weighted by Gasteiger charge is 2.51. The van der Waals surface area contributed by atoms with Crippen molar-refractivity contribution in [2.24, 2.45) is 16.8 Å². The quantitative estimate of drug-likeness (QED) is 0.760. The van der Waals surface area contributed by atoms with E-state index in [1.54, 1.807) is 11.1 Å². The van der Waals surface area contributed by atoms with Crippen molar-refractivity contribution in [2.45, 2.75) is 64.0 Å². The molecule has 0 aromatic carbocycles. The number of amides is 2. The monoisotopic (exact) mass is 382 g/mol. The van der Waals surface area contributed by atoms with Crippen molar-refractivity contribution in [1.82, 2.24) is 14.8 Å². The summed E-state index contributed by atoms with van der Waals surface area (Å²) in [6, 6.07) is 5.75. The largest absolute Gasteiger partial charge is 0.340 e. The number of rotatable bonds is 6. The summed E-state index contributed by atoms with van der Waals surface area (Å²) in [7, 11) is 1.84. The van der Waals surface area contributed by atoms with E-state index in [1.807, 2.05) is 30.1 Å². The van der Waals surface area contributed by atoms with Crippen molar-refractivity contribution < 1.29 is 9.59 Å². The van der Waals surface area contributed by atoms with E-state index in [9.17, 15) is 9.59 Å². The Morgan fingerprint density at radius 3 is 2.61 bits per heavy atom. The summed E-state index contributed by atoms with van der Waals surface area (Å²) in [5, 5.41) is 0. The summed E-state index contributed by atoms with van der Waals surface area (Å²) in [6.45, 7) is 3.43. The fourth-order valence-corrected chi connectivity index (χ4v) is 4.53. The Kier molecular flexibility index (Phi) is 5.21. The van der Waals surface area contributed by atoms with E-state index in [0.717, 1.165) is 37.3 Å². The molecule has 0 unspecified atom stereocenters. The third-order valence-corrected chi connectivity index (χ3v) is 6.42. The second-order valence-corrected chi connectivity index (χ2v) is 8.56. The molecule has 0 radical (unpaired) electrons. The number of amidine groups is 1. The Hall–Kier alpha value is -2.24. The second-order valence-electron chi connectivity index (χ2n) is 8.56. The molecule has 2 saturated carbocycles. The molecule has 1 aromatic rings. The molecular weight excluding hydrogens is 352 g/mol. The van der Waals surface area contributed by atoms with Crippen molar-refractivity contribution >= 4 is 17.6 Å². The lowest BCUT2D eigenvalue weighted by Crippen LogP contribution is -2.47. The number of carbonyl (C=O) groups excluding carboxylic acids is 2. The first-order valence-corrected chi connectivity index (χ1v) is 10.6. The van der Waals surface area contributed by atoms with Crippen LogP contribution in [-0.4, -0.2) is 51.6 Å². The maximum atomic E-state index is 13.2. The molecule has 4 rings (SSSR count). The summed E-state index contributed by atoms with van der Waals surface area (Å²) in [5.41, 5.74) is 0.292. The summed E-state index contributed by atoms with van der Waals surface area (Å²) in [4.78, 5) is 39.0. The van der Waals surface area contributed by atoms with Gasteiger partial charge in [0, 0.05) is 32.1 Å². The highest BCUT2D eigenvalue weighted by Crippen LogP contribution is 2.42. The fraction of sp³-hybridized carbons (Fsp3) is 0.636. The van der Waals surface area contributed by atoms with Gasteiger partial charge in [0.05, 0.1) is 12.2 Å². The molecule has 28 heavy (non-hydrogen) atoms. The zero-order valence-corrected chi connectivity index (χ0v) is 16.9. The van der Waals surface area contributed by atoms with E-state index in [1.165, 1.54) is 12.8 Å². The van der Waals surface area contributed by atoms with Crippen molar-refractivity contribution in [3.8, 4) is 0 Å². The van der Waals surface area contributed by atoms with Crippen LogP contribution >= 0.6 is 0 Å². The van der Waals surface area contributed by atoms with Gasteiger partial charge in [-0.1, -0.05) is 13.0 Å². The normalized spacial score (nSPS) is 27.2. The van der Waals surface area contributed by atoms with E-state index in [4.69, 9.17) is 4.99 Å². The number of nitrogens with zero attached hydrogens (tertiary/aromatic N) is 4. The molecule has 0 N–H and O–H groups in total. The van der Waals surface area contributed by atoms with Gasteiger partial charge in [0.25, 0.3) is 5.91 Å². The van der Waals surface area contributed by atoms with Gasteiger partial charge in [-0.25, -0.2) is 0 Å². The van der Waals surface area contributed by atoms with Crippen molar-refractivity contribution in [1.29, 1.82) is 0 Å². The molecule has 0 atom stereocenters. The van der Waals surface area contributed by atoms with Gasteiger partial charge < -0.3 is 4.90 Å². The van der Waals surface area contributed by atoms with Crippen LogP contribution in [0.5, 0.6) is 0 Å². The molecule has 1 spiro atoms. The van der Waals surface area contributed by atoms with Crippen molar-refractivity contribution in [3.63, 3.8) is 0 Å². The molecule has 150 valence electrons. The minimum atomic E-state index is -0.601. The standard InChI is InChI=1S/C22H30N4O2/c1-3-19-24-22(21(28)26(19)14-16-7-8-16)11-9-17(10-12-22)20(27)25(2)15-18-6-4-5-13-23-18/h4-6,13,16-17H,3,7-12,14-15H2,1-2H3. The van der Waals surface area contributed by atoms with Crippen LogP contribution in [0.2, 0.25) is 0 Å². The lowest BCUT2D eigenvalue weighted by atomic mass is 9.76. The minimum absolute atomic E-state index is 0.0232. The van der Waals surface area contributed by atoms with E-state index in [0.29, 0.717) is 25.3 Å². The predicted molar refractivity (Wildman–Crippen MR) is 108 cm³/mol. The molecule has 1 aliphatic heterocycles. The number of pyridine rings is 1. The summed E-state index contributed by atoms with van der Waals surface area (Å²) in [6.07, 6.45) is 7.84. The fourth-order valence-electron chi connectivity index (χ4n) is 4.53. The average Bonchev–Trinajstić information content (AvgIpc) is 3.51. The molecule has 2 aliphatic carbocycles. The average molecular weight is 383 g/mol. The van der Waals surface area contributed by atoms with E-state index < -0.39 is 5.54 Å². The van der Waals surface area contributed by atoms with Gasteiger partial charge in [0.1, 0.15) is 11.4 Å². The molecule has 1 aromatic heterocycles. The molecule has 6 nitrogen and oxygen atoms in total. The summed E-state index contributed by atoms with van der Waals surface area (Å²) >= 11 is 0. The molecular formula is C22H30N4O2. The van der Waals surface area contributed by atoms with Gasteiger partial charge in [0.15, 0.2) is 0 Å². The first-order valence-electron chi connectivity index (χ1n) is 10.6. The zero-order valence-electron chi connectivity index (χ0n) is 16.9. The second kappa shape index (κ2) is 7.64. The third kappa shape index (κ3) is 3.69. The molecule has 0 bridgehead atoms. The minimum Gasteiger partial charge on any atom is -0.340 e. The van der Waals surface area contributed by atoms with E-state index in [-0.39, 0.29) is 17.7 Å². The lowest BCUT2D eigenvalue weighted by molar-refractivity contribution is -0.139. The van der Waals surface area contributed by atoms with Crippen LogP contribution in [0.1, 0.15) is 57.6 Å². The molecule has 2 amide bonds. The highest BCUT2D eigenvalue weighted by molar-refractivity contribution is 6.08. The van der Waals surface area contributed by atoms with E-state index >= 15 is 0 Å². The van der Waals surface area contributed by atoms with Crippen LogP contribution < -0.4 is 0 Å². The molecule has 3 aliphatic rings. The van der Waals surface area contributed by atoms with Gasteiger partial charge in [0.2, 0.25) is 5.91 Å². The summed E-state index contributed by atoms with van der Waals surface area (Å²) in [5.74, 6) is 1.93. The lowest BCUT2D eigenvalue weighted by Gasteiger charge is -2.34. The van der Waals surface area contributed by atoms with Crippen LogP contribution in [0, 0.1) is 11.8 Å². The molecule has 2 fully saturated rings. The van der Waals surface area contributed by atoms with Crippen LogP contribution in [0.4, 0.5) is 0 Å². The van der Waals surface area contributed by atoms with E-state index in [2.05, 4.69) is 11.9 Å². The van der Waals surface area contributed by atoms with Crippen molar-refractivity contribution in [2.75, 3.05) is 13.6 Å². The molecule has 2 heterocycles. The Morgan fingerprint density at radius 2 is 2.00 bits per heavy atom. The number of aromatic nitrogens is 1. The van der Waals surface area contributed by atoms with Gasteiger partial charge in [-0.3, -0.25) is 24.5 Å². The van der Waals surface area contributed by atoms with Crippen LogP contribution in [0.15, 0.2) is 29.4 Å². The topological polar surface area (TPSA) is 65.9 Å². The highest BCUT2D eigenvalue weighted by atomic mass is 16.2. The van der Waals surface area contributed by atoms with Crippen LogP contribution in [-0.2, 0) is 16.1 Å². The molecule has 6 heteroatoms. The van der Waals surface area contributed by atoms with Gasteiger partial charge >= 0.3 is 0 Å². The maximum Gasteiger partial charge on any atom is 0.255 e. The van der Waals surface area contributed by atoms with Gasteiger partial charge in [-0.05, 0) is 56.6 Å². The first kappa shape index (κ1) is 19.1. The SMILES string of the molecule is CCC1=NC2(CCC(C(=O)N(C)Cc3ccccn3)CC2)C(=O)N1CC1CC1. The number of hydrogen-bond acceptors (Lipinski definition) is 4. The predicted octanol–water partition coefficient (Wildman–Crippen LogP) is 3.03. The number of hydrogen-bond donors (Lipinski definition) is 0. The first-order chi connectivity index (χ1) is 13.5. The smallest absolute Gasteiger partial charge is 0.255 e. The third-order valence-electron chi connectivity index (χ3n) is 6.42. The zero-order chi connectivity index (χ0) is 19.7. The maximum absolute atomic E-state index is 13.2. The Morgan fingerprint density at radius 1 is 1.25 bits per heavy atom. The van der Waals surface area contributed by atoms with Crippen molar-refractivity contribution in [3.05, 3.63) is 30.1 Å². The van der Waals surface area contributed by atoms with Crippen LogP contribution in [0.25, 0.3) is 0 Å². The Bertz CT molecular complexity index is 764. The van der Waals surface area contributed by atoms with Gasteiger partial charge in [-0.2, -0.15) is 0 Å². The number of aliphatic imine (C=N–C) groups is 1. The Labute approximate surface area is 167 Å². The number of carbonyl (C=O) groups is 2. The van der Waals surface area contributed by atoms with Gasteiger partial charge in [-0.15, -0.1) is 0 Å². The summed E-state index contributed by atoms with van der Waals surface area (Å²) < 4.78 is 0. The Balaban J connectivity index is 1.37.